The molecule has 1 aromatic heterocycles. The Morgan fingerprint density at radius 3 is 2.62 bits per heavy atom. The van der Waals surface area contributed by atoms with Crippen LogP contribution in [0.4, 0.5) is 0 Å². The van der Waals surface area contributed by atoms with Gasteiger partial charge in [-0.15, -0.1) is 0 Å². The average Bonchev–Trinajstić information content (AvgIpc) is 2.50. The molecule has 0 saturated carbocycles. The lowest BCUT2D eigenvalue weighted by Crippen LogP contribution is -2.38. The summed E-state index contributed by atoms with van der Waals surface area (Å²) in [7, 11) is 2.08. The number of rotatable bonds is 6. The van der Waals surface area contributed by atoms with Crippen LogP contribution in [0.25, 0.3) is 0 Å². The predicted octanol–water partition coefficient (Wildman–Crippen LogP) is 3.65. The topological polar surface area (TPSA) is 42.1 Å². The lowest BCUT2D eigenvalue weighted by Gasteiger charge is -2.32. The molecular weight excluding hydrogens is 282 g/mol. The highest BCUT2D eigenvalue weighted by Gasteiger charge is 2.23. The van der Waals surface area contributed by atoms with E-state index in [1.165, 1.54) is 0 Å². The summed E-state index contributed by atoms with van der Waals surface area (Å²) in [6.07, 6.45) is 4.59. The van der Waals surface area contributed by atoms with Crippen LogP contribution in [0.5, 0.6) is 0 Å². The van der Waals surface area contributed by atoms with Gasteiger partial charge in [-0.2, -0.15) is 0 Å². The van der Waals surface area contributed by atoms with Crippen LogP contribution in [-0.2, 0) is 6.54 Å². The fourth-order valence-electron chi connectivity index (χ4n) is 2.60. The molecule has 0 spiro atoms. The van der Waals surface area contributed by atoms with Crippen LogP contribution in [0.15, 0.2) is 48.8 Å². The highest BCUT2D eigenvalue weighted by molar-refractivity contribution is 6.31. The molecule has 21 heavy (non-hydrogen) atoms. The zero-order chi connectivity index (χ0) is 15.2. The minimum absolute atomic E-state index is 0.0571. The van der Waals surface area contributed by atoms with Crippen LogP contribution in [0.1, 0.15) is 30.5 Å². The van der Waals surface area contributed by atoms with Gasteiger partial charge in [-0.1, -0.05) is 42.8 Å². The fraction of sp³-hybridized carbons (Fsp3) is 0.353. The van der Waals surface area contributed by atoms with E-state index in [0.717, 1.165) is 29.1 Å². The van der Waals surface area contributed by atoms with E-state index in [1.54, 1.807) is 6.20 Å². The number of hydrogen-bond acceptors (Lipinski definition) is 3. The molecule has 0 bridgehead atoms. The van der Waals surface area contributed by atoms with Crippen molar-refractivity contribution in [3.05, 3.63) is 64.9 Å². The fourth-order valence-corrected chi connectivity index (χ4v) is 2.79. The molecule has 2 unspecified atom stereocenters. The van der Waals surface area contributed by atoms with Gasteiger partial charge in [-0.3, -0.25) is 9.88 Å². The first-order valence-corrected chi connectivity index (χ1v) is 7.60. The number of nitrogens with zero attached hydrogens (tertiary/aromatic N) is 2. The summed E-state index contributed by atoms with van der Waals surface area (Å²) in [4.78, 5) is 6.46. The highest BCUT2D eigenvalue weighted by atomic mass is 35.5. The molecule has 0 saturated heterocycles. The Labute approximate surface area is 131 Å². The summed E-state index contributed by atoms with van der Waals surface area (Å²) >= 11 is 6.26. The first kappa shape index (κ1) is 16.0. The Hall–Kier alpha value is -1.42. The van der Waals surface area contributed by atoms with E-state index in [9.17, 15) is 0 Å². The summed E-state index contributed by atoms with van der Waals surface area (Å²) in [6.45, 7) is 2.87. The summed E-state index contributed by atoms with van der Waals surface area (Å²) in [5, 5.41) is 0.791. The number of pyridine rings is 1. The van der Waals surface area contributed by atoms with Gasteiger partial charge in [0.2, 0.25) is 0 Å². The minimum atomic E-state index is 0.0571. The third kappa shape index (κ3) is 4.03. The van der Waals surface area contributed by atoms with Crippen molar-refractivity contribution in [3.63, 3.8) is 0 Å². The van der Waals surface area contributed by atoms with E-state index >= 15 is 0 Å². The molecule has 1 aromatic carbocycles. The van der Waals surface area contributed by atoms with E-state index in [1.807, 2.05) is 30.5 Å². The van der Waals surface area contributed by atoms with Gasteiger partial charge in [0.1, 0.15) is 0 Å². The first-order valence-electron chi connectivity index (χ1n) is 7.22. The molecule has 0 aliphatic heterocycles. The average molecular weight is 304 g/mol. The Morgan fingerprint density at radius 1 is 1.24 bits per heavy atom. The van der Waals surface area contributed by atoms with Crippen molar-refractivity contribution in [1.29, 1.82) is 0 Å². The normalized spacial score (nSPS) is 14.1. The maximum absolute atomic E-state index is 6.34. The van der Waals surface area contributed by atoms with Crippen molar-refractivity contribution in [2.45, 2.75) is 32.0 Å². The maximum Gasteiger partial charge on any atom is 0.0514 e. The molecule has 2 atom stereocenters. The van der Waals surface area contributed by atoms with Crippen LogP contribution in [0, 0.1) is 0 Å². The van der Waals surface area contributed by atoms with E-state index in [4.69, 9.17) is 17.3 Å². The zero-order valence-corrected chi connectivity index (χ0v) is 13.3. The van der Waals surface area contributed by atoms with E-state index in [0.29, 0.717) is 0 Å². The SMILES string of the molecule is CCC(N)C(c1cccnc1)N(C)Cc1ccccc1Cl. The Morgan fingerprint density at radius 2 is 2.00 bits per heavy atom. The predicted molar refractivity (Wildman–Crippen MR) is 88.2 cm³/mol. The van der Waals surface area contributed by atoms with Crippen molar-refractivity contribution in [1.82, 2.24) is 9.88 Å². The summed E-state index contributed by atoms with van der Waals surface area (Å²) in [5.74, 6) is 0. The highest BCUT2D eigenvalue weighted by Crippen LogP contribution is 2.26. The second kappa shape index (κ2) is 7.55. The number of benzene rings is 1. The largest absolute Gasteiger partial charge is 0.326 e. The molecule has 112 valence electrons. The third-order valence-electron chi connectivity index (χ3n) is 3.76. The first-order chi connectivity index (χ1) is 10.1. The molecular formula is C17H22ClN3. The van der Waals surface area contributed by atoms with Crippen LogP contribution in [0.3, 0.4) is 0 Å². The molecule has 0 fully saturated rings. The number of halogens is 1. The molecule has 0 radical (unpaired) electrons. The van der Waals surface area contributed by atoms with Gasteiger partial charge in [0.15, 0.2) is 0 Å². The minimum Gasteiger partial charge on any atom is -0.326 e. The third-order valence-corrected chi connectivity index (χ3v) is 4.12. The molecule has 3 nitrogen and oxygen atoms in total. The van der Waals surface area contributed by atoms with Gasteiger partial charge >= 0.3 is 0 Å². The lowest BCUT2D eigenvalue weighted by atomic mass is 9.97. The monoisotopic (exact) mass is 303 g/mol. The molecule has 2 rings (SSSR count). The molecule has 0 aliphatic carbocycles. The smallest absolute Gasteiger partial charge is 0.0514 e. The van der Waals surface area contributed by atoms with Gasteiger partial charge in [0, 0.05) is 30.0 Å². The second-order valence-corrected chi connectivity index (χ2v) is 5.72. The molecule has 2 aromatic rings. The van der Waals surface area contributed by atoms with E-state index < -0.39 is 0 Å². The summed E-state index contributed by atoms with van der Waals surface area (Å²) < 4.78 is 0. The molecule has 0 amide bonds. The molecule has 4 heteroatoms. The quantitative estimate of drug-likeness (QED) is 0.886. The van der Waals surface area contributed by atoms with Crippen LogP contribution in [0.2, 0.25) is 5.02 Å². The summed E-state index contributed by atoms with van der Waals surface area (Å²) in [6, 6.07) is 12.1. The number of hydrogen-bond donors (Lipinski definition) is 1. The standard InChI is InChI=1S/C17H22ClN3/c1-3-16(19)17(13-8-6-10-20-11-13)21(2)12-14-7-4-5-9-15(14)18/h4-11,16-17H,3,12,19H2,1-2H3. The Kier molecular flexibility index (Phi) is 5.74. The van der Waals surface area contributed by atoms with Crippen LogP contribution < -0.4 is 5.73 Å². The molecule has 0 aliphatic rings. The molecule has 2 N–H and O–H groups in total. The number of aromatic nitrogens is 1. The van der Waals surface area contributed by atoms with Gasteiger partial charge < -0.3 is 5.73 Å². The van der Waals surface area contributed by atoms with Crippen molar-refractivity contribution >= 4 is 11.6 Å². The van der Waals surface area contributed by atoms with Gasteiger partial charge in [-0.25, -0.2) is 0 Å². The van der Waals surface area contributed by atoms with E-state index in [2.05, 4.69) is 36.0 Å². The van der Waals surface area contributed by atoms with E-state index in [-0.39, 0.29) is 12.1 Å². The van der Waals surface area contributed by atoms with Crippen LogP contribution >= 0.6 is 11.6 Å². The Balaban J connectivity index is 2.23. The van der Waals surface area contributed by atoms with Crippen molar-refractivity contribution in [2.24, 2.45) is 5.73 Å². The number of nitrogens with two attached hydrogens (primary N) is 1. The summed E-state index contributed by atoms with van der Waals surface area (Å²) in [5.41, 5.74) is 8.59. The maximum atomic E-state index is 6.34. The second-order valence-electron chi connectivity index (χ2n) is 5.31. The van der Waals surface area contributed by atoms with Crippen LogP contribution in [-0.4, -0.2) is 23.0 Å². The van der Waals surface area contributed by atoms with Crippen molar-refractivity contribution < 1.29 is 0 Å². The molecule has 1 heterocycles. The zero-order valence-electron chi connectivity index (χ0n) is 12.5. The van der Waals surface area contributed by atoms with Gasteiger partial charge in [-0.05, 0) is 36.7 Å². The van der Waals surface area contributed by atoms with Gasteiger partial charge in [0.25, 0.3) is 0 Å². The van der Waals surface area contributed by atoms with Crippen molar-refractivity contribution in [2.75, 3.05) is 7.05 Å². The number of likely N-dealkylation sites (N-methyl/N-ethyl adjacent to an activating group) is 1. The lowest BCUT2D eigenvalue weighted by molar-refractivity contribution is 0.201. The van der Waals surface area contributed by atoms with Gasteiger partial charge in [0.05, 0.1) is 6.04 Å². The van der Waals surface area contributed by atoms with Crippen molar-refractivity contribution in [3.8, 4) is 0 Å². The Bertz CT molecular complexity index is 559.